The second-order valence-corrected chi connectivity index (χ2v) is 4.98. The smallest absolute Gasteiger partial charge is 0.343 e. The molecule has 0 amide bonds. The molecule has 6 nitrogen and oxygen atoms in total. The highest BCUT2D eigenvalue weighted by Gasteiger charge is 2.25. The van der Waals surface area contributed by atoms with Crippen LogP contribution in [0.15, 0.2) is 39.9 Å². The largest absolute Gasteiger partial charge is 0.506 e. The zero-order chi connectivity index (χ0) is 20.1. The van der Waals surface area contributed by atoms with Crippen LogP contribution in [0.1, 0.15) is 12.5 Å². The third-order valence-corrected chi connectivity index (χ3v) is 3.24. The summed E-state index contributed by atoms with van der Waals surface area (Å²) in [7, 11) is 0. The number of aliphatic hydroxyl groups is 1. The van der Waals surface area contributed by atoms with Crippen molar-refractivity contribution in [3.63, 3.8) is 0 Å². The van der Waals surface area contributed by atoms with Crippen LogP contribution in [0.4, 0.5) is 23.2 Å². The molecule has 0 aliphatic rings. The van der Waals surface area contributed by atoms with Crippen LogP contribution in [0.2, 0.25) is 0 Å². The Morgan fingerprint density at radius 3 is 2.59 bits per heavy atom. The van der Waals surface area contributed by atoms with Crippen LogP contribution in [0.3, 0.4) is 0 Å². The summed E-state index contributed by atoms with van der Waals surface area (Å²) < 4.78 is 58.5. The van der Waals surface area contributed by atoms with E-state index in [2.05, 4.69) is 14.7 Å². The van der Waals surface area contributed by atoms with Gasteiger partial charge in [-0.3, -0.25) is 9.79 Å². The molecule has 1 aromatic heterocycles. The van der Waals surface area contributed by atoms with Crippen molar-refractivity contribution in [3.8, 4) is 0 Å². The Kier molecular flexibility index (Phi) is 6.11. The Labute approximate surface area is 149 Å². The molecule has 0 aliphatic heterocycles. The number of carbonyl (C=O) groups excluding carboxylic acids is 1. The van der Waals surface area contributed by atoms with Gasteiger partial charge in [0.25, 0.3) is 0 Å². The quantitative estimate of drug-likeness (QED) is 0.158. The van der Waals surface area contributed by atoms with Crippen LogP contribution in [0, 0.1) is 23.3 Å². The third-order valence-electron chi connectivity index (χ3n) is 3.24. The van der Waals surface area contributed by atoms with Crippen molar-refractivity contribution in [1.82, 2.24) is 4.98 Å². The van der Waals surface area contributed by atoms with E-state index < -0.39 is 51.6 Å². The lowest BCUT2D eigenvalue weighted by atomic mass is 10.1. The highest BCUT2D eigenvalue weighted by atomic mass is 19.2. The van der Waals surface area contributed by atoms with E-state index in [1.165, 1.54) is 19.3 Å². The number of nitrogens with one attached hydrogen (secondary N) is 1. The van der Waals surface area contributed by atoms with E-state index in [1.54, 1.807) is 0 Å². The first-order valence-electron chi connectivity index (χ1n) is 7.42. The van der Waals surface area contributed by atoms with Gasteiger partial charge in [-0.2, -0.15) is 0 Å². The molecule has 0 spiro atoms. The van der Waals surface area contributed by atoms with Crippen molar-refractivity contribution >= 4 is 23.6 Å². The van der Waals surface area contributed by atoms with Crippen molar-refractivity contribution in [2.75, 3.05) is 6.61 Å². The van der Waals surface area contributed by atoms with E-state index in [4.69, 9.17) is 0 Å². The maximum atomic E-state index is 13.9. The molecule has 0 fully saturated rings. The van der Waals surface area contributed by atoms with Gasteiger partial charge in [0.15, 0.2) is 23.3 Å². The Morgan fingerprint density at radius 1 is 1.26 bits per heavy atom. The minimum Gasteiger partial charge on any atom is -0.506 e. The number of pyridine rings is 1. The molecular weight excluding hydrogens is 372 g/mol. The zero-order valence-electron chi connectivity index (χ0n) is 13.7. The molecule has 0 saturated heterocycles. The maximum Gasteiger partial charge on any atom is 0.343 e. The van der Waals surface area contributed by atoms with Crippen molar-refractivity contribution < 1.29 is 32.2 Å². The second-order valence-electron chi connectivity index (χ2n) is 4.98. The number of hydrogen-bond donors (Lipinski definition) is 2. The van der Waals surface area contributed by atoms with E-state index in [-0.39, 0.29) is 18.4 Å². The Morgan fingerprint density at radius 2 is 1.96 bits per heavy atom. The Hall–Kier alpha value is -3.43. The number of aliphatic imine (C=N–C) groups is 1. The number of esters is 1. The van der Waals surface area contributed by atoms with Crippen LogP contribution in [-0.2, 0) is 9.53 Å². The minimum absolute atomic E-state index is 0.149. The van der Waals surface area contributed by atoms with Gasteiger partial charge in [-0.15, -0.1) is 0 Å². The highest BCUT2D eigenvalue weighted by Crippen LogP contribution is 2.25. The molecule has 2 N–H and O–H groups in total. The minimum atomic E-state index is -2.17. The molecule has 1 heterocycles. The summed E-state index contributed by atoms with van der Waals surface area (Å²) >= 11 is 0. The highest BCUT2D eigenvalue weighted by molar-refractivity contribution is 6.15. The van der Waals surface area contributed by atoms with Crippen molar-refractivity contribution in [1.29, 1.82) is 0 Å². The molecule has 0 saturated carbocycles. The number of nitrogens with zero attached hydrogens (tertiary/aromatic N) is 1. The Balaban J connectivity index is 2.64. The van der Waals surface area contributed by atoms with E-state index in [0.717, 1.165) is 6.07 Å². The van der Waals surface area contributed by atoms with Crippen LogP contribution < -0.4 is 5.43 Å². The molecule has 10 heteroatoms. The summed E-state index contributed by atoms with van der Waals surface area (Å²) in [6, 6.07) is 1.30. The zero-order valence-corrected chi connectivity index (χ0v) is 13.7. The van der Waals surface area contributed by atoms with Gasteiger partial charge in [-0.05, 0) is 13.0 Å². The average molecular weight is 384 g/mol. The predicted molar refractivity (Wildman–Crippen MR) is 87.7 cm³/mol. The fourth-order valence-corrected chi connectivity index (χ4v) is 1.95. The fourth-order valence-electron chi connectivity index (χ4n) is 1.95. The molecule has 0 radical (unpaired) electrons. The van der Waals surface area contributed by atoms with Crippen molar-refractivity contribution in [2.24, 2.45) is 4.99 Å². The van der Waals surface area contributed by atoms with Gasteiger partial charge in [-0.1, -0.05) is 0 Å². The van der Waals surface area contributed by atoms with E-state index in [1.807, 2.05) is 0 Å². The van der Waals surface area contributed by atoms with Gasteiger partial charge in [0.05, 0.1) is 12.2 Å². The molecule has 0 atom stereocenters. The first-order chi connectivity index (χ1) is 12.8. The number of aliphatic hydroxyl groups excluding tert-OH is 1. The fraction of sp³-hybridized carbons (Fsp3) is 0.118. The molecule has 1 aromatic carbocycles. The number of aromatic nitrogens is 1. The lowest BCUT2D eigenvalue weighted by molar-refractivity contribution is -0.137. The number of H-pyrrole nitrogens is 1. The normalized spacial score (nSPS) is 12.2. The molecule has 142 valence electrons. The number of aromatic amines is 1. The van der Waals surface area contributed by atoms with Crippen LogP contribution in [0.25, 0.3) is 5.76 Å². The summed E-state index contributed by atoms with van der Waals surface area (Å²) in [5.41, 5.74) is -2.64. The van der Waals surface area contributed by atoms with Crippen LogP contribution >= 0.6 is 0 Å². The topological polar surface area (TPSA) is 91.8 Å². The number of benzene rings is 1. The SMILES string of the molecule is CCOC(=O)/C(C=Nc1c[nH]ccc1=O)=C(\O)c1cc(F)c(F)c(F)c1F. The van der Waals surface area contributed by atoms with E-state index >= 15 is 0 Å². The third kappa shape index (κ3) is 4.22. The maximum absolute atomic E-state index is 13.9. The molecule has 0 aliphatic carbocycles. The molecule has 2 aromatic rings. The first kappa shape index (κ1) is 19.9. The second kappa shape index (κ2) is 8.30. The molecule has 2 rings (SSSR count). The van der Waals surface area contributed by atoms with Gasteiger partial charge in [-0.25, -0.2) is 22.4 Å². The summed E-state index contributed by atoms with van der Waals surface area (Å²) in [4.78, 5) is 29.9. The van der Waals surface area contributed by atoms with Gasteiger partial charge in [0.2, 0.25) is 5.43 Å². The standard InChI is InChI=1S/C17H12F4N2O4/c1-2-27-17(26)9(6-23-11-7-22-4-3-12(11)24)16(25)8-5-10(18)14(20)15(21)13(8)19/h3-7,25H,2H2,1H3,(H,22,24)/b16-9-,23-6?. The van der Waals surface area contributed by atoms with Crippen LogP contribution in [0.5, 0.6) is 0 Å². The lowest BCUT2D eigenvalue weighted by Gasteiger charge is -2.09. The summed E-state index contributed by atoms with van der Waals surface area (Å²) in [6.45, 7) is 1.29. The monoisotopic (exact) mass is 384 g/mol. The molecule has 0 unspecified atom stereocenters. The molecular formula is C17H12F4N2O4. The predicted octanol–water partition coefficient (Wildman–Crippen LogP) is 3.17. The van der Waals surface area contributed by atoms with Crippen molar-refractivity contribution in [3.05, 3.63) is 69.2 Å². The van der Waals surface area contributed by atoms with Gasteiger partial charge < -0.3 is 14.8 Å². The Bertz CT molecular complexity index is 999. The summed E-state index contributed by atoms with van der Waals surface area (Å²) in [6.07, 6.45) is 3.16. The summed E-state index contributed by atoms with van der Waals surface area (Å²) in [5, 5.41) is 10.2. The van der Waals surface area contributed by atoms with E-state index in [9.17, 15) is 32.3 Å². The number of hydrogen-bond acceptors (Lipinski definition) is 5. The number of ether oxygens (including phenoxy) is 1. The lowest BCUT2D eigenvalue weighted by Crippen LogP contribution is -2.13. The number of rotatable bonds is 5. The average Bonchev–Trinajstić information content (AvgIpc) is 2.64. The number of carbonyl (C=O) groups is 1. The molecule has 27 heavy (non-hydrogen) atoms. The van der Waals surface area contributed by atoms with Gasteiger partial charge >= 0.3 is 5.97 Å². The summed E-state index contributed by atoms with van der Waals surface area (Å²) in [5.74, 6) is -10.4. The van der Waals surface area contributed by atoms with Gasteiger partial charge in [0.1, 0.15) is 17.0 Å². The number of halogens is 4. The molecule has 0 bridgehead atoms. The van der Waals surface area contributed by atoms with E-state index in [0.29, 0.717) is 6.21 Å². The van der Waals surface area contributed by atoms with Crippen LogP contribution in [-0.4, -0.2) is 28.9 Å². The van der Waals surface area contributed by atoms with Gasteiger partial charge in [0, 0.05) is 24.7 Å². The first-order valence-corrected chi connectivity index (χ1v) is 7.42. The van der Waals surface area contributed by atoms with Crippen molar-refractivity contribution in [2.45, 2.75) is 6.92 Å².